The summed E-state index contributed by atoms with van der Waals surface area (Å²) >= 11 is 11.5. The lowest BCUT2D eigenvalue weighted by molar-refractivity contribution is -0.116. The first-order valence-corrected chi connectivity index (χ1v) is 6.29. The number of nitrogens with zero attached hydrogens (tertiary/aromatic N) is 2. The van der Waals surface area contributed by atoms with Gasteiger partial charge in [0.05, 0.1) is 17.0 Å². The van der Waals surface area contributed by atoms with Gasteiger partial charge in [-0.15, -0.1) is 0 Å². The van der Waals surface area contributed by atoms with Crippen molar-refractivity contribution in [2.75, 3.05) is 11.1 Å². The standard InChI is InChI=1S/C12H10Cl2N4O2/c13-7-3-1-2-4-8(7)17-9(19)5-18-6-16-11(14)10(15)12(18)20/h1-4,6H,5,15H2,(H,17,19). The van der Waals surface area contributed by atoms with E-state index in [4.69, 9.17) is 28.9 Å². The van der Waals surface area contributed by atoms with Crippen molar-refractivity contribution in [3.8, 4) is 0 Å². The second-order valence-corrected chi connectivity index (χ2v) is 4.68. The van der Waals surface area contributed by atoms with Crippen LogP contribution in [0.25, 0.3) is 0 Å². The molecule has 2 rings (SSSR count). The van der Waals surface area contributed by atoms with Crippen LogP contribution in [0.5, 0.6) is 0 Å². The highest BCUT2D eigenvalue weighted by molar-refractivity contribution is 6.33. The number of carbonyl (C=O) groups excluding carboxylic acids is 1. The van der Waals surface area contributed by atoms with Gasteiger partial charge in [0.15, 0.2) is 5.15 Å². The second-order valence-electron chi connectivity index (χ2n) is 3.91. The summed E-state index contributed by atoms with van der Waals surface area (Å²) in [6.45, 7) is -0.238. The number of amides is 1. The van der Waals surface area contributed by atoms with Crippen LogP contribution in [0.3, 0.4) is 0 Å². The Kier molecular flexibility index (Phi) is 4.26. The van der Waals surface area contributed by atoms with Gasteiger partial charge in [-0.3, -0.25) is 14.2 Å². The first kappa shape index (κ1) is 14.4. The van der Waals surface area contributed by atoms with E-state index in [2.05, 4.69) is 10.3 Å². The molecule has 0 unspecified atom stereocenters. The van der Waals surface area contributed by atoms with E-state index in [1.54, 1.807) is 24.3 Å². The normalized spacial score (nSPS) is 10.3. The maximum atomic E-state index is 11.9. The lowest BCUT2D eigenvalue weighted by atomic mass is 10.3. The minimum atomic E-state index is -0.570. The molecule has 0 aliphatic heterocycles. The molecule has 2 aromatic rings. The van der Waals surface area contributed by atoms with Gasteiger partial charge >= 0.3 is 0 Å². The molecule has 0 aliphatic rings. The number of nitrogen functional groups attached to an aromatic ring is 1. The summed E-state index contributed by atoms with van der Waals surface area (Å²) in [5, 5.41) is 2.91. The van der Waals surface area contributed by atoms with E-state index in [-0.39, 0.29) is 17.4 Å². The Bertz CT molecular complexity index is 715. The monoisotopic (exact) mass is 312 g/mol. The number of para-hydroxylation sites is 1. The first-order valence-electron chi connectivity index (χ1n) is 5.54. The van der Waals surface area contributed by atoms with Crippen molar-refractivity contribution in [3.63, 3.8) is 0 Å². The van der Waals surface area contributed by atoms with Crippen LogP contribution in [-0.2, 0) is 11.3 Å². The minimum Gasteiger partial charge on any atom is -0.392 e. The van der Waals surface area contributed by atoms with Crippen LogP contribution < -0.4 is 16.6 Å². The van der Waals surface area contributed by atoms with Gasteiger partial charge in [-0.2, -0.15) is 0 Å². The van der Waals surface area contributed by atoms with Gasteiger partial charge in [0, 0.05) is 0 Å². The summed E-state index contributed by atoms with van der Waals surface area (Å²) in [6, 6.07) is 6.77. The molecule has 0 radical (unpaired) electrons. The molecule has 6 nitrogen and oxygen atoms in total. The van der Waals surface area contributed by atoms with E-state index in [9.17, 15) is 9.59 Å². The van der Waals surface area contributed by atoms with Crippen molar-refractivity contribution in [3.05, 3.63) is 51.1 Å². The third-order valence-corrected chi connectivity index (χ3v) is 3.12. The molecule has 0 aliphatic carbocycles. The second kappa shape index (κ2) is 5.94. The van der Waals surface area contributed by atoms with Crippen LogP contribution >= 0.6 is 23.2 Å². The highest BCUT2D eigenvalue weighted by Gasteiger charge is 2.10. The van der Waals surface area contributed by atoms with Gasteiger partial charge in [0.25, 0.3) is 5.56 Å². The fraction of sp³-hybridized carbons (Fsp3) is 0.0833. The van der Waals surface area contributed by atoms with Crippen molar-refractivity contribution >= 4 is 40.5 Å². The summed E-state index contributed by atoms with van der Waals surface area (Å²) in [5.41, 5.74) is 5.15. The summed E-state index contributed by atoms with van der Waals surface area (Å²) < 4.78 is 1.06. The van der Waals surface area contributed by atoms with Gasteiger partial charge in [-0.1, -0.05) is 35.3 Å². The Morgan fingerprint density at radius 2 is 2.05 bits per heavy atom. The number of carbonyl (C=O) groups is 1. The van der Waals surface area contributed by atoms with E-state index in [1.165, 1.54) is 0 Å². The summed E-state index contributed by atoms with van der Waals surface area (Å²) in [6.07, 6.45) is 1.16. The maximum Gasteiger partial charge on any atom is 0.278 e. The maximum absolute atomic E-state index is 11.9. The van der Waals surface area contributed by atoms with E-state index >= 15 is 0 Å². The van der Waals surface area contributed by atoms with Crippen LogP contribution in [-0.4, -0.2) is 15.5 Å². The zero-order chi connectivity index (χ0) is 14.7. The van der Waals surface area contributed by atoms with Crippen molar-refractivity contribution in [1.29, 1.82) is 0 Å². The molecule has 1 amide bonds. The molecule has 20 heavy (non-hydrogen) atoms. The van der Waals surface area contributed by atoms with Crippen LogP contribution in [0.15, 0.2) is 35.4 Å². The van der Waals surface area contributed by atoms with Gasteiger partial charge < -0.3 is 11.1 Å². The molecule has 0 spiro atoms. The third kappa shape index (κ3) is 3.09. The van der Waals surface area contributed by atoms with Crippen molar-refractivity contribution in [2.45, 2.75) is 6.54 Å². The van der Waals surface area contributed by atoms with Crippen LogP contribution in [0.1, 0.15) is 0 Å². The van der Waals surface area contributed by atoms with Gasteiger partial charge in [-0.05, 0) is 12.1 Å². The topological polar surface area (TPSA) is 90.0 Å². The number of rotatable bonds is 3. The lowest BCUT2D eigenvalue weighted by Crippen LogP contribution is -2.29. The number of nitrogens with one attached hydrogen (secondary N) is 1. The van der Waals surface area contributed by atoms with E-state index < -0.39 is 11.5 Å². The van der Waals surface area contributed by atoms with Crippen LogP contribution in [0.2, 0.25) is 10.2 Å². The molecule has 0 atom stereocenters. The summed E-state index contributed by atoms with van der Waals surface area (Å²) in [7, 11) is 0. The smallest absolute Gasteiger partial charge is 0.278 e. The van der Waals surface area contributed by atoms with Crippen molar-refractivity contribution in [2.24, 2.45) is 0 Å². The third-order valence-electron chi connectivity index (χ3n) is 2.49. The van der Waals surface area contributed by atoms with Crippen LogP contribution in [0.4, 0.5) is 11.4 Å². The Morgan fingerprint density at radius 3 is 2.75 bits per heavy atom. The quantitative estimate of drug-likeness (QED) is 0.845. The first-order chi connectivity index (χ1) is 9.49. The molecule has 3 N–H and O–H groups in total. The minimum absolute atomic E-state index is 0.0854. The predicted molar refractivity (Wildman–Crippen MR) is 78.0 cm³/mol. The molecule has 0 saturated heterocycles. The molecular formula is C12H10Cl2N4O2. The fourth-order valence-corrected chi connectivity index (χ4v) is 1.81. The molecule has 1 aromatic carbocycles. The highest BCUT2D eigenvalue weighted by Crippen LogP contribution is 2.20. The number of aromatic nitrogens is 2. The Balaban J connectivity index is 2.15. The highest BCUT2D eigenvalue weighted by atomic mass is 35.5. The molecule has 0 fully saturated rings. The van der Waals surface area contributed by atoms with Crippen LogP contribution in [0, 0.1) is 0 Å². The van der Waals surface area contributed by atoms with E-state index in [1.807, 2.05) is 0 Å². The number of hydrogen-bond acceptors (Lipinski definition) is 4. The molecular weight excluding hydrogens is 303 g/mol. The van der Waals surface area contributed by atoms with Gasteiger partial charge in [0.2, 0.25) is 5.91 Å². The predicted octanol–water partition coefficient (Wildman–Crippen LogP) is 1.77. The Hall–Kier alpha value is -2.05. The number of benzene rings is 1. The average molecular weight is 313 g/mol. The fourth-order valence-electron chi connectivity index (χ4n) is 1.50. The lowest BCUT2D eigenvalue weighted by Gasteiger charge is -2.09. The molecule has 8 heteroatoms. The van der Waals surface area contributed by atoms with Gasteiger partial charge in [-0.25, -0.2) is 4.98 Å². The molecule has 1 heterocycles. The Morgan fingerprint density at radius 1 is 1.35 bits per heavy atom. The van der Waals surface area contributed by atoms with Gasteiger partial charge in [0.1, 0.15) is 12.2 Å². The summed E-state index contributed by atoms with van der Waals surface area (Å²) in [4.78, 5) is 27.3. The Labute approximate surface area is 124 Å². The zero-order valence-corrected chi connectivity index (χ0v) is 11.6. The number of halogens is 2. The average Bonchev–Trinajstić information content (AvgIpc) is 2.42. The number of nitrogens with two attached hydrogens (primary N) is 1. The molecule has 0 saturated carbocycles. The molecule has 104 valence electrons. The molecule has 1 aromatic heterocycles. The zero-order valence-electron chi connectivity index (χ0n) is 10.1. The number of hydrogen-bond donors (Lipinski definition) is 2. The molecule has 0 bridgehead atoms. The van der Waals surface area contributed by atoms with Crippen molar-refractivity contribution in [1.82, 2.24) is 9.55 Å². The SMILES string of the molecule is Nc1c(Cl)ncn(CC(=O)Nc2ccccc2Cl)c1=O. The summed E-state index contributed by atoms with van der Waals surface area (Å²) in [5.74, 6) is -0.427. The van der Waals surface area contributed by atoms with E-state index in [0.29, 0.717) is 10.7 Å². The largest absolute Gasteiger partial charge is 0.392 e. The van der Waals surface area contributed by atoms with E-state index in [0.717, 1.165) is 10.9 Å². The number of anilines is 2. The van der Waals surface area contributed by atoms with Crippen molar-refractivity contribution < 1.29 is 4.79 Å².